The lowest BCUT2D eigenvalue weighted by Gasteiger charge is -2.13. The Kier molecular flexibility index (Phi) is 6.25. The molecule has 1 aliphatic carbocycles. The number of carbonyl (C=O) groups excluding carboxylic acids is 2. The Morgan fingerprint density at radius 1 is 1.14 bits per heavy atom. The Bertz CT molecular complexity index is 1510. The lowest BCUT2D eigenvalue weighted by Crippen LogP contribution is -2.32. The van der Waals surface area contributed by atoms with Gasteiger partial charge in [-0.1, -0.05) is 30.7 Å². The molecule has 1 saturated carbocycles. The Morgan fingerprint density at radius 3 is 2.71 bits per heavy atom. The van der Waals surface area contributed by atoms with Crippen molar-refractivity contribution < 1.29 is 14.0 Å². The number of nitrogens with one attached hydrogen (secondary N) is 2. The van der Waals surface area contributed by atoms with Crippen molar-refractivity contribution in [1.82, 2.24) is 24.5 Å². The second-order valence-corrected chi connectivity index (χ2v) is 9.46. The molecule has 0 bridgehead atoms. The molecule has 1 fully saturated rings. The van der Waals surface area contributed by atoms with Crippen molar-refractivity contribution in [3.05, 3.63) is 64.2 Å². The highest BCUT2D eigenvalue weighted by Gasteiger charge is 2.21. The molecule has 0 saturated heterocycles. The van der Waals surface area contributed by atoms with Crippen molar-refractivity contribution >= 4 is 45.9 Å². The summed E-state index contributed by atoms with van der Waals surface area (Å²) < 4.78 is 16.4. The fraction of sp³-hybridized carbons (Fsp3) is 0.292. The van der Waals surface area contributed by atoms with Crippen LogP contribution in [0.5, 0.6) is 0 Å². The maximum atomic E-state index is 13.4. The fourth-order valence-electron chi connectivity index (χ4n) is 4.33. The summed E-state index contributed by atoms with van der Waals surface area (Å²) in [4.78, 5) is 38.2. The molecule has 0 atom stereocenters. The molecule has 2 aromatic heterocycles. The first-order valence-electron chi connectivity index (χ1n) is 11.3. The van der Waals surface area contributed by atoms with Crippen LogP contribution in [0.2, 0.25) is 0 Å². The summed E-state index contributed by atoms with van der Waals surface area (Å²) in [5, 5.41) is 14.8. The Morgan fingerprint density at radius 2 is 1.94 bits per heavy atom. The van der Waals surface area contributed by atoms with Gasteiger partial charge in [-0.2, -0.15) is 0 Å². The number of hydrogen-bond donors (Lipinski definition) is 2. The molecule has 1 aliphatic rings. The number of aromatic nitrogens is 4. The van der Waals surface area contributed by atoms with Crippen LogP contribution in [-0.4, -0.2) is 42.8 Å². The van der Waals surface area contributed by atoms with Gasteiger partial charge >= 0.3 is 0 Å². The topological polar surface area (TPSA) is 110 Å². The van der Waals surface area contributed by atoms with Crippen molar-refractivity contribution in [2.45, 2.75) is 36.9 Å². The third kappa shape index (κ3) is 4.63. The summed E-state index contributed by atoms with van der Waals surface area (Å²) in [6.45, 7) is 0. The van der Waals surface area contributed by atoms with Crippen LogP contribution >= 0.6 is 11.8 Å². The molecule has 35 heavy (non-hydrogen) atoms. The molecule has 4 aromatic rings. The number of nitrogens with zero attached hydrogens (tertiary/aromatic N) is 4. The van der Waals surface area contributed by atoms with Crippen molar-refractivity contribution in [3.8, 4) is 0 Å². The molecule has 2 aromatic carbocycles. The van der Waals surface area contributed by atoms with Gasteiger partial charge < -0.3 is 10.6 Å². The summed E-state index contributed by atoms with van der Waals surface area (Å²) >= 11 is 1.13. The van der Waals surface area contributed by atoms with E-state index in [1.807, 2.05) is 0 Å². The third-order valence-corrected chi connectivity index (χ3v) is 7.01. The first-order valence-corrected chi connectivity index (χ1v) is 12.3. The standard InChI is InChI=1S/C24H23FN6O3S/c1-30-22(34)18-10-9-14(21(33)27-16-6-2-3-7-16)11-19(18)31-23(30)28-29-24(31)35-13-20(32)26-17-8-4-5-15(25)12-17/h4-5,8-12,16H,2-3,6-7,13H2,1H3,(H,26,32)(H,27,33). The van der Waals surface area contributed by atoms with Crippen LogP contribution in [0.1, 0.15) is 36.0 Å². The molecule has 180 valence electrons. The van der Waals surface area contributed by atoms with Crippen LogP contribution in [0.25, 0.3) is 16.7 Å². The van der Waals surface area contributed by atoms with Crippen LogP contribution in [0.15, 0.2) is 52.4 Å². The minimum atomic E-state index is -0.445. The minimum Gasteiger partial charge on any atom is -0.349 e. The van der Waals surface area contributed by atoms with E-state index in [4.69, 9.17) is 0 Å². The van der Waals surface area contributed by atoms with Gasteiger partial charge in [-0.25, -0.2) is 4.39 Å². The monoisotopic (exact) mass is 494 g/mol. The average molecular weight is 495 g/mol. The molecular formula is C24H23FN6O3S. The molecule has 0 unspecified atom stereocenters. The molecule has 2 amide bonds. The number of rotatable bonds is 6. The van der Waals surface area contributed by atoms with E-state index in [1.165, 1.54) is 22.8 Å². The van der Waals surface area contributed by atoms with Crippen molar-refractivity contribution in [2.75, 3.05) is 11.1 Å². The van der Waals surface area contributed by atoms with E-state index < -0.39 is 5.82 Å². The van der Waals surface area contributed by atoms with Crippen LogP contribution in [0.4, 0.5) is 10.1 Å². The van der Waals surface area contributed by atoms with Gasteiger partial charge in [0, 0.05) is 24.3 Å². The van der Waals surface area contributed by atoms with Crippen LogP contribution in [0.3, 0.4) is 0 Å². The van der Waals surface area contributed by atoms with E-state index in [0.29, 0.717) is 33.1 Å². The molecular weight excluding hydrogens is 471 g/mol. The van der Waals surface area contributed by atoms with Crippen LogP contribution in [-0.2, 0) is 11.8 Å². The first-order chi connectivity index (χ1) is 16.9. The number of hydrogen-bond acceptors (Lipinski definition) is 6. The summed E-state index contributed by atoms with van der Waals surface area (Å²) in [6, 6.07) is 10.7. The van der Waals surface area contributed by atoms with Gasteiger partial charge in [0.15, 0.2) is 5.16 Å². The van der Waals surface area contributed by atoms with E-state index in [1.54, 1.807) is 35.7 Å². The zero-order valence-corrected chi connectivity index (χ0v) is 19.8. The number of amides is 2. The molecule has 0 spiro atoms. The SMILES string of the molecule is Cn1c(=O)c2ccc(C(=O)NC3CCCC3)cc2n2c(SCC(=O)Nc3cccc(F)c3)nnc12. The summed E-state index contributed by atoms with van der Waals surface area (Å²) in [7, 11) is 1.59. The number of aryl methyl sites for hydroxylation is 1. The predicted octanol–water partition coefficient (Wildman–Crippen LogP) is 3.12. The highest BCUT2D eigenvalue weighted by molar-refractivity contribution is 7.99. The van der Waals surface area contributed by atoms with Crippen LogP contribution < -0.4 is 16.2 Å². The van der Waals surface area contributed by atoms with E-state index in [0.717, 1.165) is 37.4 Å². The maximum Gasteiger partial charge on any atom is 0.262 e. The van der Waals surface area contributed by atoms with Gasteiger partial charge in [-0.05, 0) is 49.2 Å². The smallest absolute Gasteiger partial charge is 0.262 e. The van der Waals surface area contributed by atoms with E-state index in [9.17, 15) is 18.8 Å². The van der Waals surface area contributed by atoms with Crippen LogP contribution in [0, 0.1) is 5.82 Å². The molecule has 5 rings (SSSR count). The Balaban J connectivity index is 1.45. The van der Waals surface area contributed by atoms with Crippen molar-refractivity contribution in [3.63, 3.8) is 0 Å². The number of halogens is 1. The fourth-order valence-corrected chi connectivity index (χ4v) is 5.07. The van der Waals surface area contributed by atoms with E-state index >= 15 is 0 Å². The minimum absolute atomic E-state index is 0.0104. The number of thioether (sulfide) groups is 1. The van der Waals surface area contributed by atoms with Gasteiger partial charge in [0.05, 0.1) is 16.7 Å². The number of carbonyl (C=O) groups is 2. The lowest BCUT2D eigenvalue weighted by molar-refractivity contribution is -0.113. The highest BCUT2D eigenvalue weighted by Crippen LogP contribution is 2.23. The van der Waals surface area contributed by atoms with Gasteiger partial charge in [0.25, 0.3) is 11.5 Å². The average Bonchev–Trinajstić information content (AvgIpc) is 3.51. The number of anilines is 1. The van der Waals surface area contributed by atoms with E-state index in [2.05, 4.69) is 20.8 Å². The summed E-state index contributed by atoms with van der Waals surface area (Å²) in [5.74, 6) is -0.695. The third-order valence-electron chi connectivity index (χ3n) is 6.08. The van der Waals surface area contributed by atoms with Gasteiger partial charge in [0.1, 0.15) is 5.82 Å². The molecule has 11 heteroatoms. The number of benzene rings is 2. The van der Waals surface area contributed by atoms with Crippen molar-refractivity contribution in [1.29, 1.82) is 0 Å². The Hall–Kier alpha value is -3.73. The lowest BCUT2D eigenvalue weighted by atomic mass is 10.1. The van der Waals surface area contributed by atoms with Crippen molar-refractivity contribution in [2.24, 2.45) is 7.05 Å². The Labute approximate surface area is 203 Å². The van der Waals surface area contributed by atoms with Gasteiger partial charge in [0.2, 0.25) is 11.7 Å². The summed E-state index contributed by atoms with van der Waals surface area (Å²) in [5.41, 5.74) is 1.02. The summed E-state index contributed by atoms with van der Waals surface area (Å²) in [6.07, 6.45) is 4.14. The van der Waals surface area contributed by atoms with Gasteiger partial charge in [-0.3, -0.25) is 23.4 Å². The molecule has 2 heterocycles. The molecule has 0 radical (unpaired) electrons. The zero-order valence-electron chi connectivity index (χ0n) is 19.0. The highest BCUT2D eigenvalue weighted by atomic mass is 32.2. The second kappa shape index (κ2) is 9.49. The maximum absolute atomic E-state index is 13.4. The normalized spacial score (nSPS) is 14.0. The second-order valence-electron chi connectivity index (χ2n) is 8.52. The quantitative estimate of drug-likeness (QED) is 0.399. The molecule has 2 N–H and O–H groups in total. The first kappa shape index (κ1) is 23.0. The predicted molar refractivity (Wildman–Crippen MR) is 131 cm³/mol. The largest absolute Gasteiger partial charge is 0.349 e. The molecule has 0 aliphatic heterocycles. The molecule has 9 nitrogen and oxygen atoms in total. The van der Waals surface area contributed by atoms with Gasteiger partial charge in [-0.15, -0.1) is 10.2 Å². The number of fused-ring (bicyclic) bond motifs is 3. The van der Waals surface area contributed by atoms with E-state index in [-0.39, 0.29) is 29.2 Å². The zero-order chi connectivity index (χ0) is 24.5.